The standard InChI is InChI=1S/C50H66N2O5/c1-27-19-28(2)21-29(20-27)22-31-25-52-26-32-37-38(47(7,23-34(53)44-46(5,6)57-44)16-12-30-24-51-39(31)40(30)52)42(56)33-11-10-15-50(49(33,37)9)18-13-35-45(3,4)36(54)14-17-48(35,8)43(50)41(32)55/h19-21,24,32-35,41,43-44,53,55H,10-18,22-23,25-26H2,1-9H3. The Labute approximate surface area is 340 Å². The molecule has 1 aromatic rings. The molecule has 5 fully saturated rings. The molecule has 306 valence electrons. The molecular weight excluding hydrogens is 709 g/mol. The van der Waals surface area contributed by atoms with Gasteiger partial charge in [0.1, 0.15) is 11.9 Å². The number of Topliss-reactive ketones (excluding diaryl/α,β-unsaturated/α-hetero) is 2. The second kappa shape index (κ2) is 12.1. The fraction of sp³-hybridized carbons (Fsp3) is 0.700. The Balaban J connectivity index is 1.16. The largest absolute Gasteiger partial charge is 0.392 e. The van der Waals surface area contributed by atoms with Crippen LogP contribution in [0.3, 0.4) is 0 Å². The van der Waals surface area contributed by atoms with Crippen LogP contribution >= 0.6 is 0 Å². The van der Waals surface area contributed by atoms with E-state index in [-0.39, 0.29) is 52.0 Å². The van der Waals surface area contributed by atoms with E-state index in [9.17, 15) is 15.0 Å². The van der Waals surface area contributed by atoms with Crippen molar-refractivity contribution in [2.75, 3.05) is 13.1 Å². The SMILES string of the molecule is Cc1cc(C)cc(CC2=C3N=CC4=C3N(C2)CC2C3=C(C(=O)C5CCCC6(CCC7C(C)(C)C(=O)CCC7(C)C6C2O)C35C)C(C)(CC(O)C2OC2(C)C)CC4)c1. The van der Waals surface area contributed by atoms with Crippen LogP contribution in [0.4, 0.5) is 0 Å². The number of carbonyl (C=O) groups is 2. The Hall–Kier alpha value is -2.87. The van der Waals surface area contributed by atoms with Crippen molar-refractivity contribution >= 4 is 17.8 Å². The van der Waals surface area contributed by atoms with E-state index in [1.165, 1.54) is 39.1 Å². The predicted molar refractivity (Wildman–Crippen MR) is 222 cm³/mol. The summed E-state index contributed by atoms with van der Waals surface area (Å²) < 4.78 is 6.05. The number of aliphatic hydroxyl groups is 2. The number of benzene rings is 1. The third kappa shape index (κ3) is 5.03. The molecule has 5 aliphatic carbocycles. The van der Waals surface area contributed by atoms with E-state index >= 15 is 4.79 Å². The highest BCUT2D eigenvalue weighted by Gasteiger charge is 2.77. The molecule has 9 aliphatic rings. The zero-order valence-corrected chi connectivity index (χ0v) is 36.1. The number of rotatable bonds is 5. The molecule has 11 unspecified atom stereocenters. The number of allylic oxidation sites excluding steroid dienone is 2. The molecule has 11 atom stereocenters. The van der Waals surface area contributed by atoms with E-state index < -0.39 is 28.5 Å². The Kier molecular flexibility index (Phi) is 8.15. The molecule has 0 bridgehead atoms. The van der Waals surface area contributed by atoms with Gasteiger partial charge in [0.05, 0.1) is 29.2 Å². The van der Waals surface area contributed by atoms with Crippen LogP contribution < -0.4 is 0 Å². The summed E-state index contributed by atoms with van der Waals surface area (Å²) in [5.74, 6) is 0.417. The lowest BCUT2D eigenvalue weighted by Crippen LogP contribution is -2.70. The van der Waals surface area contributed by atoms with Gasteiger partial charge in [-0.1, -0.05) is 70.4 Å². The second-order valence-electron chi connectivity index (χ2n) is 22.4. The van der Waals surface area contributed by atoms with E-state index in [1.807, 2.05) is 13.8 Å². The number of carbonyl (C=O) groups excluding carboxylic acids is 2. The van der Waals surface area contributed by atoms with Crippen LogP contribution in [-0.2, 0) is 20.7 Å². The molecule has 57 heavy (non-hydrogen) atoms. The molecule has 10 rings (SSSR count). The van der Waals surface area contributed by atoms with Gasteiger partial charge in [-0.25, -0.2) is 0 Å². The molecule has 7 heteroatoms. The minimum atomic E-state index is -0.702. The highest BCUT2D eigenvalue weighted by molar-refractivity contribution is 6.04. The molecular formula is C50H66N2O5. The number of ether oxygens (including phenoxy) is 1. The number of hydrogen-bond acceptors (Lipinski definition) is 7. The maximum Gasteiger partial charge on any atom is 0.163 e. The molecule has 4 saturated carbocycles. The minimum absolute atomic E-state index is 0.0247. The van der Waals surface area contributed by atoms with Gasteiger partial charge in [-0.3, -0.25) is 14.6 Å². The fourth-order valence-electron chi connectivity index (χ4n) is 16.1. The number of epoxide rings is 1. The maximum absolute atomic E-state index is 15.7. The minimum Gasteiger partial charge on any atom is -0.392 e. The van der Waals surface area contributed by atoms with Crippen LogP contribution in [0.25, 0.3) is 0 Å². The summed E-state index contributed by atoms with van der Waals surface area (Å²) in [6, 6.07) is 6.83. The lowest BCUT2D eigenvalue weighted by Gasteiger charge is -2.73. The van der Waals surface area contributed by atoms with E-state index in [0.29, 0.717) is 25.2 Å². The number of aliphatic hydroxyl groups excluding tert-OH is 2. The van der Waals surface area contributed by atoms with Crippen LogP contribution in [0, 0.1) is 64.6 Å². The number of nitrogens with zero attached hydrogens (tertiary/aromatic N) is 2. The number of aryl methyl sites for hydroxylation is 2. The smallest absolute Gasteiger partial charge is 0.163 e. The van der Waals surface area contributed by atoms with Crippen molar-refractivity contribution in [1.82, 2.24) is 4.90 Å². The second-order valence-corrected chi connectivity index (χ2v) is 22.4. The van der Waals surface area contributed by atoms with Gasteiger partial charge in [-0.2, -0.15) is 0 Å². The Morgan fingerprint density at radius 2 is 1.67 bits per heavy atom. The number of fused-ring (bicyclic) bond motifs is 2. The molecule has 0 aromatic heterocycles. The van der Waals surface area contributed by atoms with Gasteiger partial charge in [0.25, 0.3) is 0 Å². The molecule has 7 nitrogen and oxygen atoms in total. The van der Waals surface area contributed by atoms with Gasteiger partial charge in [-0.05, 0) is 136 Å². The zero-order chi connectivity index (χ0) is 40.4. The molecule has 4 heterocycles. The summed E-state index contributed by atoms with van der Waals surface area (Å²) in [6.45, 7) is 21.3. The van der Waals surface area contributed by atoms with Gasteiger partial charge in [0, 0.05) is 54.0 Å². The molecule has 1 spiro atoms. The molecule has 1 aromatic carbocycles. The van der Waals surface area contributed by atoms with Crippen molar-refractivity contribution in [2.24, 2.45) is 55.7 Å². The lowest BCUT2D eigenvalue weighted by atomic mass is 9.31. The summed E-state index contributed by atoms with van der Waals surface area (Å²) in [6.07, 6.45) is 9.35. The van der Waals surface area contributed by atoms with Crippen LogP contribution in [0.15, 0.2) is 56.9 Å². The fourth-order valence-corrected chi connectivity index (χ4v) is 16.1. The number of hydrogen-bond donors (Lipinski definition) is 2. The van der Waals surface area contributed by atoms with Crippen LogP contribution in [0.5, 0.6) is 0 Å². The summed E-state index contributed by atoms with van der Waals surface area (Å²) in [4.78, 5) is 37.1. The number of aliphatic imine (C=N–C) groups is 1. The van der Waals surface area contributed by atoms with Gasteiger partial charge < -0.3 is 19.8 Å². The van der Waals surface area contributed by atoms with Crippen LogP contribution in [-0.4, -0.2) is 69.9 Å². The molecule has 0 amide bonds. The first-order valence-corrected chi connectivity index (χ1v) is 22.5. The van der Waals surface area contributed by atoms with E-state index in [2.05, 4.69) is 77.8 Å². The van der Waals surface area contributed by atoms with Gasteiger partial charge in [0.2, 0.25) is 0 Å². The third-order valence-corrected chi connectivity index (χ3v) is 18.5. The highest BCUT2D eigenvalue weighted by Crippen LogP contribution is 2.79. The van der Waals surface area contributed by atoms with Crippen molar-refractivity contribution in [3.8, 4) is 0 Å². The van der Waals surface area contributed by atoms with Gasteiger partial charge >= 0.3 is 0 Å². The lowest BCUT2D eigenvalue weighted by molar-refractivity contribution is -0.243. The van der Waals surface area contributed by atoms with Crippen molar-refractivity contribution in [2.45, 2.75) is 157 Å². The average Bonchev–Trinajstić information content (AvgIpc) is 3.36. The summed E-state index contributed by atoms with van der Waals surface area (Å²) in [5, 5.41) is 25.6. The van der Waals surface area contributed by atoms with E-state index in [0.717, 1.165) is 75.6 Å². The van der Waals surface area contributed by atoms with Gasteiger partial charge in [-0.15, -0.1) is 0 Å². The maximum atomic E-state index is 15.7. The zero-order valence-electron chi connectivity index (χ0n) is 36.1. The summed E-state index contributed by atoms with van der Waals surface area (Å²) >= 11 is 0. The molecule has 4 aliphatic heterocycles. The molecule has 1 saturated heterocycles. The first kappa shape index (κ1) is 38.3. The number of ketones is 2. The highest BCUT2D eigenvalue weighted by atomic mass is 16.6. The summed E-state index contributed by atoms with van der Waals surface area (Å²) in [7, 11) is 0. The Morgan fingerprint density at radius 3 is 2.37 bits per heavy atom. The Morgan fingerprint density at radius 1 is 0.947 bits per heavy atom. The third-order valence-electron chi connectivity index (χ3n) is 18.5. The molecule has 0 radical (unpaired) electrons. The monoisotopic (exact) mass is 774 g/mol. The van der Waals surface area contributed by atoms with Crippen LogP contribution in [0.1, 0.15) is 129 Å². The topological polar surface area (TPSA) is 103 Å². The van der Waals surface area contributed by atoms with Crippen molar-refractivity contribution in [1.29, 1.82) is 0 Å². The normalized spacial score (nSPS) is 42.9. The van der Waals surface area contributed by atoms with Crippen LogP contribution in [0.2, 0.25) is 0 Å². The quantitative estimate of drug-likeness (QED) is 0.291. The van der Waals surface area contributed by atoms with E-state index in [4.69, 9.17) is 9.73 Å². The van der Waals surface area contributed by atoms with Crippen molar-refractivity contribution in [3.63, 3.8) is 0 Å². The Bertz CT molecular complexity index is 2100. The molecule has 2 N–H and O–H groups in total. The van der Waals surface area contributed by atoms with Crippen molar-refractivity contribution < 1.29 is 24.5 Å². The predicted octanol–water partition coefficient (Wildman–Crippen LogP) is 8.57. The van der Waals surface area contributed by atoms with Gasteiger partial charge in [0.15, 0.2) is 5.78 Å². The first-order chi connectivity index (χ1) is 26.8. The van der Waals surface area contributed by atoms with Crippen molar-refractivity contribution in [3.05, 3.63) is 68.6 Å². The van der Waals surface area contributed by atoms with E-state index in [1.54, 1.807) is 0 Å². The average molecular weight is 775 g/mol. The summed E-state index contributed by atoms with van der Waals surface area (Å²) in [5.41, 5.74) is 8.51. The first-order valence-electron chi connectivity index (χ1n) is 22.5.